The quantitative estimate of drug-likeness (QED) is 0.289. The molecule has 0 saturated carbocycles. The second-order valence-electron chi connectivity index (χ2n) is 7.33. The first kappa shape index (κ1) is 22.3. The van der Waals surface area contributed by atoms with E-state index in [1.165, 1.54) is 18.4 Å². The number of carbonyl (C=O) groups excluding carboxylic acids is 3. The van der Waals surface area contributed by atoms with Crippen LogP contribution < -0.4 is 10.1 Å². The number of ether oxygens (including phenoxy) is 2. The standard InChI is InChI=1S/C25H22N2O5S/c1-31-18-10-8-16(9-11-18)22(28)15-32-25(30)21(27-24(29)23-7-4-12-33-23)13-17-14-26-20-6-3-2-5-19(17)20/h2-12,14,21,26H,13,15H2,1H3,(H,27,29)/t21-/m1/s1. The first-order valence-corrected chi connectivity index (χ1v) is 11.2. The second-order valence-corrected chi connectivity index (χ2v) is 8.27. The van der Waals surface area contributed by atoms with E-state index >= 15 is 0 Å². The SMILES string of the molecule is COc1ccc(C(=O)COC(=O)[C@@H](Cc2c[nH]c3ccccc23)NC(=O)c2cccs2)cc1. The van der Waals surface area contributed by atoms with Crippen molar-refractivity contribution in [3.05, 3.63) is 88.2 Å². The Hall–Kier alpha value is -3.91. The summed E-state index contributed by atoms with van der Waals surface area (Å²) >= 11 is 1.28. The number of ketones is 1. The average Bonchev–Trinajstić information content (AvgIpc) is 3.53. The lowest BCUT2D eigenvalue weighted by atomic mass is 10.0. The monoisotopic (exact) mass is 462 g/mol. The maximum absolute atomic E-state index is 12.9. The summed E-state index contributed by atoms with van der Waals surface area (Å²) in [5.74, 6) is -0.764. The van der Waals surface area contributed by atoms with Gasteiger partial charge in [0.05, 0.1) is 12.0 Å². The Labute approximate surface area is 194 Å². The fourth-order valence-corrected chi connectivity index (χ4v) is 4.08. The van der Waals surface area contributed by atoms with Crippen molar-refractivity contribution in [3.63, 3.8) is 0 Å². The second kappa shape index (κ2) is 10.1. The van der Waals surface area contributed by atoms with Crippen molar-refractivity contribution in [2.45, 2.75) is 12.5 Å². The third kappa shape index (κ3) is 5.30. The molecule has 7 nitrogen and oxygen atoms in total. The van der Waals surface area contributed by atoms with Gasteiger partial charge in [-0.3, -0.25) is 9.59 Å². The van der Waals surface area contributed by atoms with Gasteiger partial charge in [-0.05, 0) is 47.3 Å². The van der Waals surface area contributed by atoms with Crippen LogP contribution in [0, 0.1) is 0 Å². The average molecular weight is 463 g/mol. The molecule has 1 atom stereocenters. The molecule has 0 aliphatic rings. The largest absolute Gasteiger partial charge is 0.497 e. The maximum Gasteiger partial charge on any atom is 0.329 e. The molecule has 4 rings (SSSR count). The summed E-state index contributed by atoms with van der Waals surface area (Å²) in [4.78, 5) is 41.7. The Bertz CT molecular complexity index is 1260. The van der Waals surface area contributed by atoms with Gasteiger partial charge < -0.3 is 19.8 Å². The van der Waals surface area contributed by atoms with E-state index in [2.05, 4.69) is 10.3 Å². The molecular weight excluding hydrogens is 440 g/mol. The molecule has 33 heavy (non-hydrogen) atoms. The van der Waals surface area contributed by atoms with Crippen LogP contribution in [0.15, 0.2) is 72.2 Å². The van der Waals surface area contributed by atoms with Crippen LogP contribution in [0.1, 0.15) is 25.6 Å². The number of hydrogen-bond acceptors (Lipinski definition) is 6. The number of rotatable bonds is 9. The summed E-state index contributed by atoms with van der Waals surface area (Å²) < 4.78 is 10.4. The fourth-order valence-electron chi connectivity index (χ4n) is 3.45. The van der Waals surface area contributed by atoms with E-state index in [0.29, 0.717) is 16.2 Å². The molecule has 0 bridgehead atoms. The Morgan fingerprint density at radius 3 is 2.55 bits per heavy atom. The number of aromatic nitrogens is 1. The molecule has 2 N–H and O–H groups in total. The molecule has 0 unspecified atom stereocenters. The summed E-state index contributed by atoms with van der Waals surface area (Å²) in [5, 5.41) is 5.50. The molecular formula is C25H22N2O5S. The Morgan fingerprint density at radius 1 is 1.03 bits per heavy atom. The summed E-state index contributed by atoms with van der Waals surface area (Å²) in [6.07, 6.45) is 2.03. The van der Waals surface area contributed by atoms with Gasteiger partial charge in [0.15, 0.2) is 12.4 Å². The number of thiophene rings is 1. The zero-order valence-electron chi connectivity index (χ0n) is 17.9. The summed E-state index contributed by atoms with van der Waals surface area (Å²) in [6.45, 7) is -0.426. The van der Waals surface area contributed by atoms with Gasteiger partial charge in [-0.1, -0.05) is 24.3 Å². The molecule has 2 aromatic heterocycles. The lowest BCUT2D eigenvalue weighted by molar-refractivity contribution is -0.144. The van der Waals surface area contributed by atoms with Crippen molar-refractivity contribution >= 4 is 39.9 Å². The predicted molar refractivity (Wildman–Crippen MR) is 126 cm³/mol. The van der Waals surface area contributed by atoms with Gasteiger partial charge >= 0.3 is 5.97 Å². The molecule has 0 fully saturated rings. The van der Waals surface area contributed by atoms with Crippen LogP contribution in [0.2, 0.25) is 0 Å². The predicted octanol–water partition coefficient (Wildman–Crippen LogP) is 4.01. The van der Waals surface area contributed by atoms with E-state index in [4.69, 9.17) is 9.47 Å². The van der Waals surface area contributed by atoms with Gasteiger partial charge in [-0.15, -0.1) is 11.3 Å². The van der Waals surface area contributed by atoms with Crippen LogP contribution in [0.25, 0.3) is 10.9 Å². The number of fused-ring (bicyclic) bond motifs is 1. The van der Waals surface area contributed by atoms with Crippen LogP contribution in [-0.2, 0) is 16.0 Å². The fraction of sp³-hybridized carbons (Fsp3) is 0.160. The highest BCUT2D eigenvalue weighted by Crippen LogP contribution is 2.20. The van der Waals surface area contributed by atoms with Gasteiger partial charge in [0.25, 0.3) is 5.91 Å². The van der Waals surface area contributed by atoms with E-state index in [1.54, 1.807) is 41.8 Å². The maximum atomic E-state index is 12.9. The molecule has 2 heterocycles. The topological polar surface area (TPSA) is 97.5 Å². The number of amides is 1. The molecule has 0 radical (unpaired) electrons. The molecule has 4 aromatic rings. The number of carbonyl (C=O) groups is 3. The number of esters is 1. The van der Waals surface area contributed by atoms with Crippen molar-refractivity contribution in [2.24, 2.45) is 0 Å². The number of para-hydroxylation sites is 1. The number of benzene rings is 2. The third-order valence-corrected chi connectivity index (χ3v) is 6.06. The molecule has 0 aliphatic carbocycles. The van der Waals surface area contributed by atoms with Crippen LogP contribution in [-0.4, -0.2) is 42.4 Å². The normalized spacial score (nSPS) is 11.7. The number of hydrogen-bond donors (Lipinski definition) is 2. The minimum atomic E-state index is -0.956. The third-order valence-electron chi connectivity index (χ3n) is 5.19. The van der Waals surface area contributed by atoms with E-state index in [-0.39, 0.29) is 18.1 Å². The zero-order chi connectivity index (χ0) is 23.2. The molecule has 1 amide bonds. The van der Waals surface area contributed by atoms with Gasteiger partial charge in [-0.2, -0.15) is 0 Å². The highest BCUT2D eigenvalue weighted by Gasteiger charge is 2.26. The first-order valence-electron chi connectivity index (χ1n) is 10.3. The Kier molecular flexibility index (Phi) is 6.85. The van der Waals surface area contributed by atoms with Gasteiger partial charge in [0.2, 0.25) is 0 Å². The van der Waals surface area contributed by atoms with E-state index in [9.17, 15) is 14.4 Å². The molecule has 0 saturated heterocycles. The Balaban J connectivity index is 1.48. The van der Waals surface area contributed by atoms with Crippen molar-refractivity contribution in [2.75, 3.05) is 13.7 Å². The van der Waals surface area contributed by atoms with Gasteiger partial charge in [0.1, 0.15) is 11.8 Å². The summed E-state index contributed by atoms with van der Waals surface area (Å²) in [6, 6.07) is 16.7. The van der Waals surface area contributed by atoms with Crippen molar-refractivity contribution in [1.82, 2.24) is 10.3 Å². The lowest BCUT2D eigenvalue weighted by Crippen LogP contribution is -2.43. The van der Waals surface area contributed by atoms with Crippen LogP contribution in [0.3, 0.4) is 0 Å². The highest BCUT2D eigenvalue weighted by molar-refractivity contribution is 7.12. The summed E-state index contributed by atoms with van der Waals surface area (Å²) in [5.41, 5.74) is 2.19. The lowest BCUT2D eigenvalue weighted by Gasteiger charge is -2.17. The Morgan fingerprint density at radius 2 is 1.82 bits per heavy atom. The van der Waals surface area contributed by atoms with E-state index in [1.807, 2.05) is 30.5 Å². The number of methoxy groups -OCH3 is 1. The smallest absolute Gasteiger partial charge is 0.329 e. The van der Waals surface area contributed by atoms with Crippen molar-refractivity contribution in [3.8, 4) is 5.75 Å². The van der Waals surface area contributed by atoms with E-state index < -0.39 is 18.6 Å². The zero-order valence-corrected chi connectivity index (χ0v) is 18.7. The molecule has 0 spiro atoms. The number of nitrogens with one attached hydrogen (secondary N) is 2. The molecule has 2 aromatic carbocycles. The van der Waals surface area contributed by atoms with E-state index in [0.717, 1.165) is 16.5 Å². The van der Waals surface area contributed by atoms with Gasteiger partial charge in [-0.25, -0.2) is 4.79 Å². The number of H-pyrrole nitrogens is 1. The van der Waals surface area contributed by atoms with Crippen LogP contribution in [0.4, 0.5) is 0 Å². The molecule has 0 aliphatic heterocycles. The number of aromatic amines is 1. The van der Waals surface area contributed by atoms with Crippen LogP contribution >= 0.6 is 11.3 Å². The highest BCUT2D eigenvalue weighted by atomic mass is 32.1. The van der Waals surface area contributed by atoms with Crippen LogP contribution in [0.5, 0.6) is 5.75 Å². The summed E-state index contributed by atoms with van der Waals surface area (Å²) in [7, 11) is 1.54. The minimum absolute atomic E-state index is 0.219. The first-order chi connectivity index (χ1) is 16.0. The molecule has 8 heteroatoms. The van der Waals surface area contributed by atoms with Crippen molar-refractivity contribution < 1.29 is 23.9 Å². The molecule has 168 valence electrons. The van der Waals surface area contributed by atoms with Gasteiger partial charge in [0, 0.05) is 29.1 Å². The minimum Gasteiger partial charge on any atom is -0.497 e. The number of Topliss-reactive ketones (excluding diaryl/α,β-unsaturated/α-hetero) is 1. The van der Waals surface area contributed by atoms with Crippen molar-refractivity contribution in [1.29, 1.82) is 0 Å².